The standard InChI is InChI=1S/C12H18N4O4/c1-7(2)11(14-8(3)17)12(20)15-9-4-13-16(5-9)6-10(18)19/h4-5,7,11H,6H2,1-3H3,(H,14,17)(H,15,20)(H,18,19). The zero-order chi connectivity index (χ0) is 15.3. The molecule has 8 nitrogen and oxygen atoms in total. The maximum Gasteiger partial charge on any atom is 0.325 e. The molecule has 1 aromatic rings. The van der Waals surface area contributed by atoms with Gasteiger partial charge in [0.15, 0.2) is 0 Å². The second kappa shape index (κ2) is 6.69. The topological polar surface area (TPSA) is 113 Å². The molecule has 3 N–H and O–H groups in total. The Labute approximate surface area is 116 Å². The first kappa shape index (κ1) is 15.7. The molecule has 0 aliphatic rings. The monoisotopic (exact) mass is 282 g/mol. The third-order valence-corrected chi connectivity index (χ3v) is 2.51. The molecule has 0 radical (unpaired) electrons. The van der Waals surface area contributed by atoms with E-state index in [1.807, 2.05) is 13.8 Å². The number of aliphatic carboxylic acids is 1. The minimum atomic E-state index is -1.02. The number of carbonyl (C=O) groups excluding carboxylic acids is 2. The van der Waals surface area contributed by atoms with Crippen LogP contribution >= 0.6 is 0 Å². The highest BCUT2D eigenvalue weighted by atomic mass is 16.4. The van der Waals surface area contributed by atoms with Gasteiger partial charge in [-0.05, 0) is 5.92 Å². The molecule has 2 amide bonds. The van der Waals surface area contributed by atoms with Crippen molar-refractivity contribution in [3.05, 3.63) is 12.4 Å². The van der Waals surface area contributed by atoms with Crippen molar-refractivity contribution in [3.63, 3.8) is 0 Å². The summed E-state index contributed by atoms with van der Waals surface area (Å²) in [6, 6.07) is -0.657. The molecule has 0 fully saturated rings. The third-order valence-electron chi connectivity index (χ3n) is 2.51. The molecule has 20 heavy (non-hydrogen) atoms. The molecule has 110 valence electrons. The number of amides is 2. The number of carboxylic acids is 1. The summed E-state index contributed by atoms with van der Waals surface area (Å²) in [4.78, 5) is 33.6. The summed E-state index contributed by atoms with van der Waals surface area (Å²) in [5, 5.41) is 17.6. The molecule has 1 aromatic heterocycles. The van der Waals surface area contributed by atoms with Gasteiger partial charge in [-0.2, -0.15) is 5.10 Å². The predicted octanol–water partition coefficient (Wildman–Crippen LogP) is 0.0669. The van der Waals surface area contributed by atoms with E-state index in [0.29, 0.717) is 5.69 Å². The summed E-state index contributed by atoms with van der Waals surface area (Å²) >= 11 is 0. The molecule has 0 aliphatic heterocycles. The van der Waals surface area contributed by atoms with Gasteiger partial charge < -0.3 is 15.7 Å². The van der Waals surface area contributed by atoms with E-state index < -0.39 is 12.0 Å². The lowest BCUT2D eigenvalue weighted by atomic mass is 10.0. The summed E-state index contributed by atoms with van der Waals surface area (Å²) in [7, 11) is 0. The Bertz CT molecular complexity index is 509. The second-order valence-corrected chi connectivity index (χ2v) is 4.73. The zero-order valence-electron chi connectivity index (χ0n) is 11.6. The normalized spacial score (nSPS) is 12.0. The van der Waals surface area contributed by atoms with Crippen molar-refractivity contribution in [2.45, 2.75) is 33.4 Å². The van der Waals surface area contributed by atoms with Crippen molar-refractivity contribution in [1.29, 1.82) is 0 Å². The molecule has 1 rings (SSSR count). The molecular weight excluding hydrogens is 264 g/mol. The van der Waals surface area contributed by atoms with Crippen LogP contribution in [-0.4, -0.2) is 38.7 Å². The number of aromatic nitrogens is 2. The average molecular weight is 282 g/mol. The Balaban J connectivity index is 2.70. The van der Waals surface area contributed by atoms with Gasteiger partial charge in [0.25, 0.3) is 0 Å². The summed E-state index contributed by atoms with van der Waals surface area (Å²) in [6.45, 7) is 4.69. The minimum Gasteiger partial charge on any atom is -0.480 e. The zero-order valence-corrected chi connectivity index (χ0v) is 11.6. The van der Waals surface area contributed by atoms with Crippen LogP contribution in [0.25, 0.3) is 0 Å². The molecular formula is C12H18N4O4. The molecule has 1 unspecified atom stereocenters. The van der Waals surface area contributed by atoms with Gasteiger partial charge in [0.05, 0.1) is 11.9 Å². The van der Waals surface area contributed by atoms with Gasteiger partial charge >= 0.3 is 5.97 Å². The van der Waals surface area contributed by atoms with E-state index in [4.69, 9.17) is 5.11 Å². The Kier molecular flexibility index (Phi) is 5.24. The van der Waals surface area contributed by atoms with E-state index >= 15 is 0 Å². The van der Waals surface area contributed by atoms with Crippen LogP contribution in [0.5, 0.6) is 0 Å². The molecule has 0 saturated carbocycles. The number of hydrogen-bond acceptors (Lipinski definition) is 4. The molecule has 8 heteroatoms. The fourth-order valence-corrected chi connectivity index (χ4v) is 1.63. The van der Waals surface area contributed by atoms with Crippen molar-refractivity contribution in [2.24, 2.45) is 5.92 Å². The van der Waals surface area contributed by atoms with Crippen LogP contribution < -0.4 is 10.6 Å². The third kappa shape index (κ3) is 4.71. The quantitative estimate of drug-likeness (QED) is 0.683. The fourth-order valence-electron chi connectivity index (χ4n) is 1.63. The van der Waals surface area contributed by atoms with Crippen LogP contribution in [0.15, 0.2) is 12.4 Å². The lowest BCUT2D eigenvalue weighted by Gasteiger charge is -2.20. The number of rotatable bonds is 6. The summed E-state index contributed by atoms with van der Waals surface area (Å²) in [5.41, 5.74) is 0.382. The van der Waals surface area contributed by atoms with Gasteiger partial charge in [-0.3, -0.25) is 19.1 Å². The van der Waals surface area contributed by atoms with Crippen LogP contribution in [-0.2, 0) is 20.9 Å². The van der Waals surface area contributed by atoms with Crippen molar-refractivity contribution < 1.29 is 19.5 Å². The first-order valence-corrected chi connectivity index (χ1v) is 6.11. The van der Waals surface area contributed by atoms with Gasteiger partial charge in [0.1, 0.15) is 12.6 Å². The van der Waals surface area contributed by atoms with Crippen molar-refractivity contribution in [2.75, 3.05) is 5.32 Å². The van der Waals surface area contributed by atoms with Gasteiger partial charge in [-0.1, -0.05) is 13.8 Å². The predicted molar refractivity (Wildman–Crippen MR) is 70.9 cm³/mol. The first-order valence-electron chi connectivity index (χ1n) is 6.11. The highest BCUT2D eigenvalue weighted by Crippen LogP contribution is 2.09. The minimum absolute atomic E-state index is 0.0760. The first-order chi connectivity index (χ1) is 9.29. The van der Waals surface area contributed by atoms with Crippen LogP contribution in [0.1, 0.15) is 20.8 Å². The van der Waals surface area contributed by atoms with E-state index in [1.54, 1.807) is 0 Å². The Morgan fingerprint density at radius 2 is 2.05 bits per heavy atom. The largest absolute Gasteiger partial charge is 0.480 e. The number of anilines is 1. The number of nitrogens with one attached hydrogen (secondary N) is 2. The number of nitrogens with zero attached hydrogens (tertiary/aromatic N) is 2. The van der Waals surface area contributed by atoms with E-state index in [-0.39, 0.29) is 24.3 Å². The van der Waals surface area contributed by atoms with E-state index in [1.165, 1.54) is 24.0 Å². The lowest BCUT2D eigenvalue weighted by Crippen LogP contribution is -2.46. The van der Waals surface area contributed by atoms with Gasteiger partial charge in [0.2, 0.25) is 11.8 Å². The van der Waals surface area contributed by atoms with Gasteiger partial charge in [0, 0.05) is 13.1 Å². The number of carbonyl (C=O) groups is 3. The highest BCUT2D eigenvalue weighted by Gasteiger charge is 2.23. The maximum absolute atomic E-state index is 12.0. The van der Waals surface area contributed by atoms with Crippen molar-refractivity contribution >= 4 is 23.5 Å². The van der Waals surface area contributed by atoms with Crippen molar-refractivity contribution in [1.82, 2.24) is 15.1 Å². The Hall–Kier alpha value is -2.38. The van der Waals surface area contributed by atoms with Gasteiger partial charge in [-0.25, -0.2) is 0 Å². The van der Waals surface area contributed by atoms with Crippen LogP contribution in [0.4, 0.5) is 5.69 Å². The Morgan fingerprint density at radius 3 is 2.55 bits per heavy atom. The Morgan fingerprint density at radius 1 is 1.40 bits per heavy atom. The number of hydrogen-bond donors (Lipinski definition) is 3. The lowest BCUT2D eigenvalue weighted by molar-refractivity contribution is -0.137. The van der Waals surface area contributed by atoms with Crippen molar-refractivity contribution in [3.8, 4) is 0 Å². The smallest absolute Gasteiger partial charge is 0.325 e. The molecule has 0 aliphatic carbocycles. The molecule has 0 spiro atoms. The van der Waals surface area contributed by atoms with Gasteiger partial charge in [-0.15, -0.1) is 0 Å². The number of carboxylic acid groups (broad SMARTS) is 1. The summed E-state index contributed by atoms with van der Waals surface area (Å²) in [6.07, 6.45) is 2.77. The highest BCUT2D eigenvalue weighted by molar-refractivity contribution is 5.96. The van der Waals surface area contributed by atoms with E-state index in [0.717, 1.165) is 0 Å². The van der Waals surface area contributed by atoms with E-state index in [9.17, 15) is 14.4 Å². The molecule has 0 bridgehead atoms. The average Bonchev–Trinajstić information content (AvgIpc) is 2.71. The van der Waals surface area contributed by atoms with Crippen LogP contribution in [0, 0.1) is 5.92 Å². The molecule has 0 aromatic carbocycles. The summed E-state index contributed by atoms with van der Waals surface area (Å²) in [5.74, 6) is -1.76. The molecule has 1 atom stereocenters. The van der Waals surface area contributed by atoms with E-state index in [2.05, 4.69) is 15.7 Å². The second-order valence-electron chi connectivity index (χ2n) is 4.73. The summed E-state index contributed by atoms with van der Waals surface area (Å²) < 4.78 is 1.20. The SMILES string of the molecule is CC(=O)NC(C(=O)Nc1cnn(CC(=O)O)c1)C(C)C. The molecule has 0 saturated heterocycles. The molecule has 1 heterocycles. The fraction of sp³-hybridized carbons (Fsp3) is 0.500. The van der Waals surface area contributed by atoms with Crippen LogP contribution in [0.3, 0.4) is 0 Å². The van der Waals surface area contributed by atoms with Crippen LogP contribution in [0.2, 0.25) is 0 Å². The maximum atomic E-state index is 12.0.